The van der Waals surface area contributed by atoms with Crippen LogP contribution in [0.15, 0.2) is 0 Å². The molecular formula is C7H12N2O3. The molecule has 0 aromatic heterocycles. The summed E-state index contributed by atoms with van der Waals surface area (Å²) in [5.74, 6) is -2.50. The summed E-state index contributed by atoms with van der Waals surface area (Å²) in [6.07, 6.45) is 0.260. The molecule has 5 nitrogen and oxygen atoms in total. The van der Waals surface area contributed by atoms with Gasteiger partial charge in [0, 0.05) is 12.3 Å². The molecule has 0 aliphatic rings. The molecule has 0 aliphatic carbocycles. The number of carbonyl (C=O) groups excluding carboxylic acids is 3. The third-order valence-electron chi connectivity index (χ3n) is 1.56. The van der Waals surface area contributed by atoms with Crippen molar-refractivity contribution in [2.45, 2.75) is 19.8 Å². The van der Waals surface area contributed by atoms with Crippen LogP contribution in [0.1, 0.15) is 19.8 Å². The van der Waals surface area contributed by atoms with Gasteiger partial charge in [-0.15, -0.1) is 0 Å². The van der Waals surface area contributed by atoms with Crippen LogP contribution >= 0.6 is 0 Å². The minimum Gasteiger partial charge on any atom is -0.369 e. The van der Waals surface area contributed by atoms with Crippen LogP contribution < -0.4 is 11.5 Å². The summed E-state index contributed by atoms with van der Waals surface area (Å²) in [6.45, 7) is 1.59. The quantitative estimate of drug-likeness (QED) is 0.516. The smallest absolute Gasteiger partial charge is 0.284 e. The topological polar surface area (TPSA) is 103 Å². The van der Waals surface area contributed by atoms with Crippen LogP contribution in [-0.2, 0) is 14.4 Å². The number of rotatable bonds is 5. The molecule has 12 heavy (non-hydrogen) atoms. The Labute approximate surface area is 70.1 Å². The lowest BCUT2D eigenvalue weighted by Crippen LogP contribution is -2.26. The Bertz CT molecular complexity index is 213. The van der Waals surface area contributed by atoms with E-state index in [1.54, 1.807) is 6.92 Å². The molecule has 4 N–H and O–H groups in total. The lowest BCUT2D eigenvalue weighted by atomic mass is 10.0. The van der Waals surface area contributed by atoms with Crippen molar-refractivity contribution in [1.82, 2.24) is 0 Å². The van der Waals surface area contributed by atoms with Gasteiger partial charge in [-0.2, -0.15) is 0 Å². The van der Waals surface area contributed by atoms with Gasteiger partial charge in [-0.1, -0.05) is 6.92 Å². The van der Waals surface area contributed by atoms with Gasteiger partial charge in [-0.3, -0.25) is 14.4 Å². The second kappa shape index (κ2) is 4.48. The minimum absolute atomic E-state index is 0.0144. The number of carbonyl (C=O) groups is 3. The molecule has 0 saturated heterocycles. The molecule has 68 valence electrons. The lowest BCUT2D eigenvalue weighted by molar-refractivity contribution is -0.136. The van der Waals surface area contributed by atoms with E-state index >= 15 is 0 Å². The summed E-state index contributed by atoms with van der Waals surface area (Å²) in [5, 5.41) is 0. The maximum Gasteiger partial charge on any atom is 0.284 e. The highest BCUT2D eigenvalue weighted by Crippen LogP contribution is 2.04. The van der Waals surface area contributed by atoms with Crippen LogP contribution in [0.2, 0.25) is 0 Å². The average Bonchev–Trinajstić information content (AvgIpc) is 1.98. The Morgan fingerprint density at radius 2 is 1.75 bits per heavy atom. The van der Waals surface area contributed by atoms with Gasteiger partial charge in [0.1, 0.15) is 0 Å². The van der Waals surface area contributed by atoms with Crippen molar-refractivity contribution in [2.24, 2.45) is 17.4 Å². The van der Waals surface area contributed by atoms with E-state index in [9.17, 15) is 14.4 Å². The van der Waals surface area contributed by atoms with E-state index in [2.05, 4.69) is 0 Å². The standard InChI is InChI=1S/C7H12N2O3/c1-4(6(8)11)2-3-5(10)7(9)12/h4H,2-3H2,1H3,(H2,8,11)(H2,9,12). The number of hydrogen-bond acceptors (Lipinski definition) is 3. The SMILES string of the molecule is CC(CCC(=O)C(N)=O)C(N)=O. The Morgan fingerprint density at radius 3 is 2.08 bits per heavy atom. The predicted molar refractivity (Wildman–Crippen MR) is 41.8 cm³/mol. The summed E-state index contributed by atoms with van der Waals surface area (Å²) < 4.78 is 0. The van der Waals surface area contributed by atoms with Gasteiger partial charge in [-0.05, 0) is 6.42 Å². The first kappa shape index (κ1) is 10.6. The lowest BCUT2D eigenvalue weighted by Gasteiger charge is -2.03. The number of amides is 2. The molecule has 0 spiro atoms. The summed E-state index contributed by atoms with van der Waals surface area (Å²) in [7, 11) is 0. The molecule has 0 aromatic carbocycles. The number of Topliss-reactive ketones (excluding diaryl/α,β-unsaturated/α-hetero) is 1. The van der Waals surface area contributed by atoms with Gasteiger partial charge < -0.3 is 11.5 Å². The summed E-state index contributed by atoms with van der Waals surface area (Å²) in [6, 6.07) is 0. The van der Waals surface area contributed by atoms with E-state index in [0.29, 0.717) is 0 Å². The minimum atomic E-state index is -0.966. The average molecular weight is 172 g/mol. The maximum atomic E-state index is 10.6. The largest absolute Gasteiger partial charge is 0.369 e. The molecule has 0 bridgehead atoms. The van der Waals surface area contributed by atoms with Crippen LogP contribution in [0.5, 0.6) is 0 Å². The normalized spacial score (nSPS) is 12.1. The Hall–Kier alpha value is -1.39. The number of primary amides is 2. The van der Waals surface area contributed by atoms with Crippen molar-refractivity contribution in [3.05, 3.63) is 0 Å². The fourth-order valence-corrected chi connectivity index (χ4v) is 0.613. The van der Waals surface area contributed by atoms with E-state index in [-0.39, 0.29) is 12.8 Å². The molecule has 1 unspecified atom stereocenters. The molecule has 0 heterocycles. The highest BCUT2D eigenvalue weighted by atomic mass is 16.2. The van der Waals surface area contributed by atoms with Gasteiger partial charge in [0.15, 0.2) is 0 Å². The van der Waals surface area contributed by atoms with Crippen molar-refractivity contribution in [3.8, 4) is 0 Å². The molecule has 1 atom stereocenters. The van der Waals surface area contributed by atoms with Crippen molar-refractivity contribution < 1.29 is 14.4 Å². The Kier molecular flexibility index (Phi) is 3.96. The van der Waals surface area contributed by atoms with Crippen molar-refractivity contribution in [3.63, 3.8) is 0 Å². The maximum absolute atomic E-state index is 10.6. The number of nitrogens with two attached hydrogens (primary N) is 2. The molecule has 0 radical (unpaired) electrons. The van der Waals surface area contributed by atoms with E-state index in [0.717, 1.165) is 0 Å². The Balaban J connectivity index is 3.76. The molecular weight excluding hydrogens is 160 g/mol. The van der Waals surface area contributed by atoms with Gasteiger partial charge in [-0.25, -0.2) is 0 Å². The molecule has 0 saturated carbocycles. The van der Waals surface area contributed by atoms with E-state index < -0.39 is 23.5 Å². The third-order valence-corrected chi connectivity index (χ3v) is 1.56. The zero-order chi connectivity index (χ0) is 9.72. The highest BCUT2D eigenvalue weighted by molar-refractivity contribution is 6.35. The summed E-state index contributed by atoms with van der Waals surface area (Å²) in [4.78, 5) is 31.4. The first-order valence-electron chi connectivity index (χ1n) is 3.57. The van der Waals surface area contributed by atoms with Gasteiger partial charge in [0.25, 0.3) is 5.91 Å². The van der Waals surface area contributed by atoms with E-state index in [1.165, 1.54) is 0 Å². The van der Waals surface area contributed by atoms with Gasteiger partial charge in [0.2, 0.25) is 11.7 Å². The molecule has 0 aromatic rings. The Morgan fingerprint density at radius 1 is 1.25 bits per heavy atom. The van der Waals surface area contributed by atoms with Gasteiger partial charge in [0.05, 0.1) is 0 Å². The second-order valence-electron chi connectivity index (χ2n) is 2.63. The van der Waals surface area contributed by atoms with Crippen LogP contribution in [0.3, 0.4) is 0 Å². The predicted octanol–water partition coefficient (Wildman–Crippen LogP) is -1.06. The van der Waals surface area contributed by atoms with Crippen molar-refractivity contribution in [1.29, 1.82) is 0 Å². The zero-order valence-corrected chi connectivity index (χ0v) is 6.87. The molecule has 0 aliphatic heterocycles. The highest BCUT2D eigenvalue weighted by Gasteiger charge is 2.14. The fraction of sp³-hybridized carbons (Fsp3) is 0.571. The van der Waals surface area contributed by atoms with Crippen LogP contribution in [-0.4, -0.2) is 17.6 Å². The van der Waals surface area contributed by atoms with E-state index in [4.69, 9.17) is 11.5 Å². The molecule has 2 amide bonds. The monoisotopic (exact) mass is 172 g/mol. The summed E-state index contributed by atoms with van der Waals surface area (Å²) in [5.41, 5.74) is 9.63. The first-order chi connectivity index (χ1) is 5.45. The fourth-order valence-electron chi connectivity index (χ4n) is 0.613. The van der Waals surface area contributed by atoms with Crippen LogP contribution in [0.25, 0.3) is 0 Å². The number of ketones is 1. The van der Waals surface area contributed by atoms with Gasteiger partial charge >= 0.3 is 0 Å². The first-order valence-corrected chi connectivity index (χ1v) is 3.57. The van der Waals surface area contributed by atoms with Crippen molar-refractivity contribution in [2.75, 3.05) is 0 Å². The summed E-state index contributed by atoms with van der Waals surface area (Å²) >= 11 is 0. The van der Waals surface area contributed by atoms with Crippen LogP contribution in [0, 0.1) is 5.92 Å². The molecule has 5 heteroatoms. The molecule has 0 rings (SSSR count). The second-order valence-corrected chi connectivity index (χ2v) is 2.63. The number of hydrogen-bond donors (Lipinski definition) is 2. The van der Waals surface area contributed by atoms with E-state index in [1.807, 2.05) is 0 Å². The zero-order valence-electron chi connectivity index (χ0n) is 6.87. The van der Waals surface area contributed by atoms with Crippen molar-refractivity contribution >= 4 is 17.6 Å². The van der Waals surface area contributed by atoms with Crippen LogP contribution in [0.4, 0.5) is 0 Å². The third kappa shape index (κ3) is 3.70. The molecule has 0 fully saturated rings.